The van der Waals surface area contributed by atoms with Crippen molar-refractivity contribution in [3.05, 3.63) is 95.1 Å². The number of carboxylic acid groups (broad SMARTS) is 1. The number of hydrogen-bond acceptors (Lipinski definition) is 7. The third-order valence-electron chi connectivity index (χ3n) is 7.93. The molecular formula is C33H40N2O6S2. The van der Waals surface area contributed by atoms with Gasteiger partial charge in [-0.25, -0.2) is 13.2 Å². The van der Waals surface area contributed by atoms with Gasteiger partial charge in [-0.15, -0.1) is 0 Å². The Hall–Kier alpha value is -3.18. The molecule has 3 aromatic carbocycles. The minimum absolute atomic E-state index is 0.00156. The maximum absolute atomic E-state index is 13.4. The fraction of sp³-hybridized carbons (Fsp3) is 0.394. The standard InChI is InChI=1S/C33H40N2O6S2/c1-23-9-7-8-12-28(23)30-17-25(13-14-29(30)32(36)34-31(33(37)38)15-16-42-3)19-35-20-27(18-26(35)21-41-2)43(39,40)22-24-10-5-4-6-11-24/h4-14,17,26-27,31H,15-16,18-22H2,1-3H3,(H,34,36)(H,37,38)/t26-,27+,31-/m0/s1. The summed E-state index contributed by atoms with van der Waals surface area (Å²) in [4.78, 5) is 27.4. The van der Waals surface area contributed by atoms with E-state index in [2.05, 4.69) is 10.2 Å². The Kier molecular flexibility index (Phi) is 11.4. The van der Waals surface area contributed by atoms with Gasteiger partial charge in [-0.2, -0.15) is 11.8 Å². The lowest BCUT2D eigenvalue weighted by Gasteiger charge is -2.24. The highest BCUT2D eigenvalue weighted by molar-refractivity contribution is 7.98. The van der Waals surface area contributed by atoms with Gasteiger partial charge in [-0.3, -0.25) is 9.69 Å². The second-order valence-corrected chi connectivity index (χ2v) is 14.3. The number of rotatable bonds is 14. The zero-order valence-corrected chi connectivity index (χ0v) is 26.5. The van der Waals surface area contributed by atoms with Crippen LogP contribution in [0.4, 0.5) is 0 Å². The van der Waals surface area contributed by atoms with E-state index in [1.807, 2.05) is 79.9 Å². The summed E-state index contributed by atoms with van der Waals surface area (Å²) in [6.07, 6.45) is 2.71. The largest absolute Gasteiger partial charge is 0.480 e. The summed E-state index contributed by atoms with van der Waals surface area (Å²) in [6, 6.07) is 21.5. The van der Waals surface area contributed by atoms with Crippen molar-refractivity contribution in [1.29, 1.82) is 0 Å². The van der Waals surface area contributed by atoms with Gasteiger partial charge in [0.2, 0.25) is 0 Å². The second kappa shape index (κ2) is 15.0. The first-order chi connectivity index (χ1) is 20.6. The minimum Gasteiger partial charge on any atom is -0.480 e. The van der Waals surface area contributed by atoms with Crippen LogP contribution in [-0.4, -0.2) is 79.9 Å². The maximum Gasteiger partial charge on any atom is 0.326 e. The summed E-state index contributed by atoms with van der Waals surface area (Å²) in [5.74, 6) is -0.890. The zero-order valence-electron chi connectivity index (χ0n) is 24.9. The number of aliphatic carboxylic acids is 1. The Morgan fingerprint density at radius 3 is 2.44 bits per heavy atom. The number of nitrogens with zero attached hydrogens (tertiary/aromatic N) is 1. The molecule has 0 aliphatic carbocycles. The van der Waals surface area contributed by atoms with Crippen molar-refractivity contribution in [2.75, 3.05) is 32.3 Å². The molecule has 2 N–H and O–H groups in total. The van der Waals surface area contributed by atoms with Crippen LogP contribution in [-0.2, 0) is 31.7 Å². The van der Waals surface area contributed by atoms with Crippen LogP contribution in [0, 0.1) is 6.92 Å². The SMILES string of the molecule is COC[C@@H]1C[C@@H](S(=O)(=O)Cc2ccccc2)CN1Cc1ccc(C(=O)N[C@@H](CCSC)C(=O)O)c(-c2ccccc2C)c1. The molecule has 1 saturated heterocycles. The first-order valence-electron chi connectivity index (χ1n) is 14.3. The van der Waals surface area contributed by atoms with E-state index in [4.69, 9.17) is 4.74 Å². The third kappa shape index (κ3) is 8.47. The molecule has 0 saturated carbocycles. The van der Waals surface area contributed by atoms with E-state index in [9.17, 15) is 23.1 Å². The number of sulfone groups is 1. The molecule has 230 valence electrons. The maximum atomic E-state index is 13.4. The van der Waals surface area contributed by atoms with Gasteiger partial charge in [0.25, 0.3) is 5.91 Å². The van der Waals surface area contributed by atoms with E-state index in [1.165, 1.54) is 11.8 Å². The molecule has 0 spiro atoms. The first kappa shape index (κ1) is 32.7. The predicted molar refractivity (Wildman–Crippen MR) is 172 cm³/mol. The normalized spacial score (nSPS) is 17.9. The molecule has 3 aromatic rings. The van der Waals surface area contributed by atoms with Crippen molar-refractivity contribution in [2.24, 2.45) is 0 Å². The minimum atomic E-state index is -3.39. The highest BCUT2D eigenvalue weighted by atomic mass is 32.2. The molecular weight excluding hydrogens is 585 g/mol. The van der Waals surface area contributed by atoms with Gasteiger partial charge >= 0.3 is 5.97 Å². The van der Waals surface area contributed by atoms with Crippen molar-refractivity contribution in [3.63, 3.8) is 0 Å². The van der Waals surface area contributed by atoms with Crippen LogP contribution in [0.2, 0.25) is 0 Å². The van der Waals surface area contributed by atoms with Gasteiger partial charge < -0.3 is 15.2 Å². The van der Waals surface area contributed by atoms with Crippen LogP contribution in [0.25, 0.3) is 11.1 Å². The lowest BCUT2D eigenvalue weighted by Crippen LogP contribution is -2.41. The second-order valence-electron chi connectivity index (χ2n) is 11.0. The van der Waals surface area contributed by atoms with Gasteiger partial charge in [0.15, 0.2) is 9.84 Å². The number of carbonyl (C=O) groups excluding carboxylic acids is 1. The summed E-state index contributed by atoms with van der Waals surface area (Å²) in [7, 11) is -1.77. The van der Waals surface area contributed by atoms with Crippen molar-refractivity contribution in [2.45, 2.75) is 49.4 Å². The van der Waals surface area contributed by atoms with Gasteiger partial charge in [-0.05, 0) is 71.7 Å². The molecule has 1 amide bonds. The average Bonchev–Trinajstić information content (AvgIpc) is 3.39. The smallest absolute Gasteiger partial charge is 0.326 e. The first-order valence-corrected chi connectivity index (χ1v) is 17.4. The van der Waals surface area contributed by atoms with E-state index in [-0.39, 0.29) is 11.8 Å². The number of likely N-dealkylation sites (tertiary alicyclic amines) is 1. The molecule has 4 rings (SSSR count). The van der Waals surface area contributed by atoms with Crippen LogP contribution in [0.1, 0.15) is 39.9 Å². The Labute approximate surface area is 258 Å². The van der Waals surface area contributed by atoms with Crippen LogP contribution in [0.15, 0.2) is 72.8 Å². The number of thioether (sulfide) groups is 1. The Balaban J connectivity index is 1.61. The van der Waals surface area contributed by atoms with Gasteiger partial charge in [0.1, 0.15) is 6.04 Å². The molecule has 1 heterocycles. The van der Waals surface area contributed by atoms with Crippen molar-refractivity contribution >= 4 is 33.5 Å². The van der Waals surface area contributed by atoms with Gasteiger partial charge in [0.05, 0.1) is 17.6 Å². The number of nitrogens with one attached hydrogen (secondary N) is 1. The van der Waals surface area contributed by atoms with Crippen LogP contribution < -0.4 is 5.32 Å². The number of ether oxygens (including phenoxy) is 1. The van der Waals surface area contributed by atoms with Crippen LogP contribution in [0.3, 0.4) is 0 Å². The molecule has 1 aliphatic heterocycles. The number of aryl methyl sites for hydroxylation is 1. The van der Waals surface area contributed by atoms with Crippen LogP contribution >= 0.6 is 11.8 Å². The lowest BCUT2D eigenvalue weighted by atomic mass is 9.93. The molecule has 0 unspecified atom stereocenters. The van der Waals surface area contributed by atoms with Gasteiger partial charge in [-0.1, -0.05) is 60.7 Å². The number of amides is 1. The summed E-state index contributed by atoms with van der Waals surface area (Å²) < 4.78 is 32.3. The third-order valence-corrected chi connectivity index (χ3v) is 10.7. The lowest BCUT2D eigenvalue weighted by molar-refractivity contribution is -0.139. The molecule has 0 radical (unpaired) electrons. The van der Waals surface area contributed by atoms with Crippen molar-refractivity contribution in [1.82, 2.24) is 10.2 Å². The topological polar surface area (TPSA) is 113 Å². The fourth-order valence-electron chi connectivity index (χ4n) is 5.63. The van der Waals surface area contributed by atoms with Gasteiger partial charge in [0, 0.05) is 31.8 Å². The summed E-state index contributed by atoms with van der Waals surface area (Å²) in [5, 5.41) is 11.9. The number of benzene rings is 3. The van der Waals surface area contributed by atoms with Crippen molar-refractivity contribution in [3.8, 4) is 11.1 Å². The molecule has 1 fully saturated rings. The molecule has 0 bridgehead atoms. The summed E-state index contributed by atoms with van der Waals surface area (Å²) in [5.41, 5.74) is 4.67. The van der Waals surface area contributed by atoms with Crippen LogP contribution in [0.5, 0.6) is 0 Å². The number of methoxy groups -OCH3 is 1. The monoisotopic (exact) mass is 624 g/mol. The Morgan fingerprint density at radius 1 is 1.05 bits per heavy atom. The molecule has 0 aromatic heterocycles. The quantitative estimate of drug-likeness (QED) is 0.263. The average molecular weight is 625 g/mol. The molecule has 1 aliphatic rings. The number of carbonyl (C=O) groups is 2. The predicted octanol–water partition coefficient (Wildman–Crippen LogP) is 4.80. The molecule has 43 heavy (non-hydrogen) atoms. The van der Waals surface area contributed by atoms with E-state index < -0.39 is 33.0 Å². The van der Waals surface area contributed by atoms with E-state index >= 15 is 0 Å². The molecule has 10 heteroatoms. The van der Waals surface area contributed by atoms with E-state index in [0.717, 1.165) is 22.3 Å². The van der Waals surface area contributed by atoms with Crippen molar-refractivity contribution < 1.29 is 27.9 Å². The number of hydrogen-bond donors (Lipinski definition) is 2. The van der Waals surface area contributed by atoms with E-state index in [0.29, 0.717) is 49.4 Å². The number of carboxylic acids is 1. The molecule has 3 atom stereocenters. The highest BCUT2D eigenvalue weighted by Crippen LogP contribution is 2.31. The van der Waals surface area contributed by atoms with E-state index in [1.54, 1.807) is 13.2 Å². The highest BCUT2D eigenvalue weighted by Gasteiger charge is 2.39. The molecule has 8 nitrogen and oxygen atoms in total. The Morgan fingerprint density at radius 2 is 1.77 bits per heavy atom. The summed E-state index contributed by atoms with van der Waals surface area (Å²) >= 11 is 1.53. The Bertz CT molecular complexity index is 1510. The zero-order chi connectivity index (χ0) is 31.0. The summed E-state index contributed by atoms with van der Waals surface area (Å²) in [6.45, 7) is 3.26. The fourth-order valence-corrected chi connectivity index (χ4v) is 7.93.